The maximum Gasteiger partial charge on any atom is 0.260 e. The van der Waals surface area contributed by atoms with Crippen LogP contribution in [0.3, 0.4) is 0 Å². The fraction of sp³-hybridized carbons (Fsp3) is 0.462. The number of hydrogen-bond donors (Lipinski definition) is 2. The molecule has 1 saturated heterocycles. The van der Waals surface area contributed by atoms with Gasteiger partial charge >= 0.3 is 0 Å². The fourth-order valence-corrected chi connectivity index (χ4v) is 2.25. The predicted molar refractivity (Wildman–Crippen MR) is 63.8 cm³/mol. The first kappa shape index (κ1) is 12.8. The maximum atomic E-state index is 13.6. The number of carbonyl (C=O) groups is 1. The van der Waals surface area contributed by atoms with Gasteiger partial charge in [0.1, 0.15) is 17.1 Å². The Labute approximate surface area is 105 Å². The van der Waals surface area contributed by atoms with E-state index in [0.29, 0.717) is 19.5 Å². The van der Waals surface area contributed by atoms with E-state index in [-0.39, 0.29) is 17.2 Å². The van der Waals surface area contributed by atoms with E-state index in [2.05, 4.69) is 0 Å². The third-order valence-electron chi connectivity index (χ3n) is 3.40. The fourth-order valence-electron chi connectivity index (χ4n) is 2.25. The lowest BCUT2D eigenvalue weighted by atomic mass is 10.0. The lowest BCUT2D eigenvalue weighted by molar-refractivity contribution is 0.0755. The molecule has 98 valence electrons. The van der Waals surface area contributed by atoms with Crippen LogP contribution < -0.4 is 0 Å². The topological polar surface area (TPSA) is 60.8 Å². The molecule has 0 aromatic heterocycles. The van der Waals surface area contributed by atoms with Crippen LogP contribution in [0.25, 0.3) is 0 Å². The van der Waals surface area contributed by atoms with Gasteiger partial charge < -0.3 is 15.1 Å². The first-order valence-electron chi connectivity index (χ1n) is 5.95. The molecule has 1 amide bonds. The zero-order valence-corrected chi connectivity index (χ0v) is 10.1. The Balaban J connectivity index is 2.18. The van der Waals surface area contributed by atoms with Crippen LogP contribution in [-0.4, -0.2) is 40.2 Å². The highest BCUT2D eigenvalue weighted by atomic mass is 19.1. The van der Waals surface area contributed by atoms with Gasteiger partial charge in [-0.15, -0.1) is 0 Å². The lowest BCUT2D eigenvalue weighted by Gasteiger charge is -2.18. The van der Waals surface area contributed by atoms with Crippen molar-refractivity contribution < 1.29 is 19.4 Å². The van der Waals surface area contributed by atoms with Gasteiger partial charge in [0.2, 0.25) is 0 Å². The van der Waals surface area contributed by atoms with Gasteiger partial charge in [-0.05, 0) is 25.5 Å². The van der Waals surface area contributed by atoms with Crippen molar-refractivity contribution >= 4 is 5.91 Å². The standard InChI is InChI=1S/C13H16FNO3/c1-8(16)9-5-6-15(7-9)13(18)12-10(14)3-2-4-11(12)17/h2-4,8-9,16-17H,5-7H2,1H3. The van der Waals surface area contributed by atoms with Crippen LogP contribution in [0.4, 0.5) is 4.39 Å². The minimum atomic E-state index is -0.722. The molecule has 1 aliphatic rings. The average molecular weight is 253 g/mol. The Morgan fingerprint density at radius 3 is 2.83 bits per heavy atom. The summed E-state index contributed by atoms with van der Waals surface area (Å²) in [7, 11) is 0. The number of amides is 1. The molecule has 0 bridgehead atoms. The van der Waals surface area contributed by atoms with Crippen molar-refractivity contribution in [3.63, 3.8) is 0 Å². The Morgan fingerprint density at radius 1 is 1.56 bits per heavy atom. The van der Waals surface area contributed by atoms with E-state index in [1.807, 2.05) is 0 Å². The van der Waals surface area contributed by atoms with Crippen LogP contribution in [0.1, 0.15) is 23.7 Å². The van der Waals surface area contributed by atoms with Crippen LogP contribution in [0.2, 0.25) is 0 Å². The molecule has 18 heavy (non-hydrogen) atoms. The molecule has 2 rings (SSSR count). The molecule has 2 N–H and O–H groups in total. The number of hydrogen-bond acceptors (Lipinski definition) is 3. The number of rotatable bonds is 2. The van der Waals surface area contributed by atoms with E-state index >= 15 is 0 Å². The summed E-state index contributed by atoms with van der Waals surface area (Å²) in [6, 6.07) is 3.79. The van der Waals surface area contributed by atoms with E-state index in [4.69, 9.17) is 0 Å². The van der Waals surface area contributed by atoms with Crippen LogP contribution in [-0.2, 0) is 0 Å². The van der Waals surface area contributed by atoms with Crippen molar-refractivity contribution in [2.75, 3.05) is 13.1 Å². The lowest BCUT2D eigenvalue weighted by Crippen LogP contribution is -2.31. The highest BCUT2D eigenvalue weighted by Crippen LogP contribution is 2.26. The van der Waals surface area contributed by atoms with Gasteiger partial charge in [-0.2, -0.15) is 0 Å². The number of likely N-dealkylation sites (tertiary alicyclic amines) is 1. The van der Waals surface area contributed by atoms with Crippen molar-refractivity contribution in [2.45, 2.75) is 19.4 Å². The first-order chi connectivity index (χ1) is 8.50. The Kier molecular flexibility index (Phi) is 3.52. The van der Waals surface area contributed by atoms with Gasteiger partial charge in [0.05, 0.1) is 6.10 Å². The summed E-state index contributed by atoms with van der Waals surface area (Å²) in [5.41, 5.74) is -0.288. The summed E-state index contributed by atoms with van der Waals surface area (Å²) in [6.45, 7) is 2.55. The molecule has 1 aromatic rings. The molecule has 0 saturated carbocycles. The molecule has 4 nitrogen and oxygen atoms in total. The van der Waals surface area contributed by atoms with Crippen molar-refractivity contribution in [1.82, 2.24) is 4.90 Å². The minimum Gasteiger partial charge on any atom is -0.507 e. The number of aliphatic hydroxyl groups is 1. The van der Waals surface area contributed by atoms with Gasteiger partial charge in [0, 0.05) is 19.0 Å². The second-order valence-electron chi connectivity index (χ2n) is 4.67. The predicted octanol–water partition coefficient (Wildman–Crippen LogP) is 1.37. The van der Waals surface area contributed by atoms with Gasteiger partial charge in [-0.25, -0.2) is 4.39 Å². The summed E-state index contributed by atoms with van der Waals surface area (Å²) in [5, 5.41) is 19.0. The van der Waals surface area contributed by atoms with Crippen molar-refractivity contribution in [1.29, 1.82) is 0 Å². The van der Waals surface area contributed by atoms with Crippen molar-refractivity contribution in [3.8, 4) is 5.75 Å². The number of benzene rings is 1. The van der Waals surface area contributed by atoms with Gasteiger partial charge in [-0.1, -0.05) is 6.07 Å². The van der Waals surface area contributed by atoms with E-state index in [1.165, 1.54) is 17.0 Å². The Morgan fingerprint density at radius 2 is 2.28 bits per heavy atom. The number of nitrogens with zero attached hydrogens (tertiary/aromatic N) is 1. The number of aliphatic hydroxyl groups excluding tert-OH is 1. The molecule has 1 heterocycles. The SMILES string of the molecule is CC(O)C1CCN(C(=O)c2c(O)cccc2F)C1. The summed E-state index contributed by atoms with van der Waals surface area (Å²) in [5.74, 6) is -1.57. The second-order valence-corrected chi connectivity index (χ2v) is 4.67. The number of phenolic OH excluding ortho intramolecular Hbond substituents is 1. The second kappa shape index (κ2) is 4.94. The summed E-state index contributed by atoms with van der Waals surface area (Å²) >= 11 is 0. The van der Waals surface area contributed by atoms with E-state index < -0.39 is 17.8 Å². The first-order valence-corrected chi connectivity index (χ1v) is 5.95. The largest absolute Gasteiger partial charge is 0.507 e. The van der Waals surface area contributed by atoms with Crippen LogP contribution >= 0.6 is 0 Å². The smallest absolute Gasteiger partial charge is 0.260 e. The highest BCUT2D eigenvalue weighted by molar-refractivity contribution is 5.97. The number of carbonyl (C=O) groups excluding carboxylic acids is 1. The van der Waals surface area contributed by atoms with Gasteiger partial charge in [0.25, 0.3) is 5.91 Å². The van der Waals surface area contributed by atoms with Crippen molar-refractivity contribution in [3.05, 3.63) is 29.6 Å². The molecule has 5 heteroatoms. The molecule has 0 spiro atoms. The quantitative estimate of drug-likeness (QED) is 0.837. The van der Waals surface area contributed by atoms with Gasteiger partial charge in [-0.3, -0.25) is 4.79 Å². The van der Waals surface area contributed by atoms with E-state index in [1.54, 1.807) is 6.92 Å². The van der Waals surface area contributed by atoms with E-state index in [9.17, 15) is 19.4 Å². The summed E-state index contributed by atoms with van der Waals surface area (Å²) in [4.78, 5) is 13.6. The van der Waals surface area contributed by atoms with Gasteiger partial charge in [0.15, 0.2) is 0 Å². The molecule has 2 unspecified atom stereocenters. The normalized spacial score (nSPS) is 21.1. The zero-order chi connectivity index (χ0) is 13.3. The maximum absolute atomic E-state index is 13.6. The Hall–Kier alpha value is -1.62. The monoisotopic (exact) mass is 253 g/mol. The molecule has 1 aromatic carbocycles. The number of halogens is 1. The molecule has 1 aliphatic heterocycles. The minimum absolute atomic E-state index is 0.0165. The zero-order valence-electron chi connectivity index (χ0n) is 10.1. The average Bonchev–Trinajstić information content (AvgIpc) is 2.77. The third kappa shape index (κ3) is 2.31. The third-order valence-corrected chi connectivity index (χ3v) is 3.40. The number of phenols is 1. The molecule has 0 aliphatic carbocycles. The summed E-state index contributed by atoms with van der Waals surface area (Å²) < 4.78 is 13.6. The van der Waals surface area contributed by atoms with Crippen molar-refractivity contribution in [2.24, 2.45) is 5.92 Å². The molecular weight excluding hydrogens is 237 g/mol. The molecule has 1 fully saturated rings. The summed E-state index contributed by atoms with van der Waals surface area (Å²) in [6.07, 6.45) is 0.204. The molecule has 2 atom stereocenters. The highest BCUT2D eigenvalue weighted by Gasteiger charge is 2.31. The number of aromatic hydroxyl groups is 1. The van der Waals surface area contributed by atoms with Crippen LogP contribution in [0.15, 0.2) is 18.2 Å². The van der Waals surface area contributed by atoms with Crippen LogP contribution in [0, 0.1) is 11.7 Å². The Bertz CT molecular complexity index is 441. The van der Waals surface area contributed by atoms with E-state index in [0.717, 1.165) is 6.07 Å². The molecule has 0 radical (unpaired) electrons. The molecular formula is C13H16FNO3. The van der Waals surface area contributed by atoms with Crippen LogP contribution in [0.5, 0.6) is 5.75 Å².